The minimum Gasteiger partial charge on any atom is -0.481 e. The largest absolute Gasteiger partial charge is 0.481 e. The fourth-order valence-corrected chi connectivity index (χ4v) is 3.31. The number of fused-ring (bicyclic) bond motifs is 2. The Morgan fingerprint density at radius 2 is 2.00 bits per heavy atom. The second kappa shape index (κ2) is 5.16. The van der Waals surface area contributed by atoms with E-state index in [0.29, 0.717) is 6.42 Å². The van der Waals surface area contributed by atoms with E-state index in [9.17, 15) is 9.59 Å². The molecular formula is C13H22N2O3. The molecular weight excluding hydrogens is 232 g/mol. The molecule has 2 aliphatic heterocycles. The Hall–Kier alpha value is -1.26. The quantitative estimate of drug-likeness (QED) is 0.804. The van der Waals surface area contributed by atoms with Crippen molar-refractivity contribution >= 4 is 12.0 Å². The number of nitrogens with one attached hydrogen (secondary N) is 1. The first-order valence-electron chi connectivity index (χ1n) is 6.90. The highest BCUT2D eigenvalue weighted by atomic mass is 16.4. The molecule has 0 aromatic heterocycles. The Labute approximate surface area is 108 Å². The molecule has 18 heavy (non-hydrogen) atoms. The van der Waals surface area contributed by atoms with E-state index in [1.54, 1.807) is 4.90 Å². The molecule has 2 rings (SSSR count). The highest BCUT2D eigenvalue weighted by molar-refractivity contribution is 5.79. The molecule has 0 radical (unpaired) electrons. The summed E-state index contributed by atoms with van der Waals surface area (Å²) in [6.45, 7) is 4.10. The van der Waals surface area contributed by atoms with Gasteiger partial charge in [0.05, 0.1) is 5.92 Å². The third-order valence-corrected chi connectivity index (χ3v) is 4.40. The van der Waals surface area contributed by atoms with Gasteiger partial charge in [0.2, 0.25) is 0 Å². The zero-order valence-corrected chi connectivity index (χ0v) is 11.1. The summed E-state index contributed by atoms with van der Waals surface area (Å²) >= 11 is 0. The van der Waals surface area contributed by atoms with Crippen LogP contribution in [-0.2, 0) is 4.79 Å². The second-order valence-electron chi connectivity index (χ2n) is 5.35. The van der Waals surface area contributed by atoms with E-state index in [1.165, 1.54) is 0 Å². The molecule has 102 valence electrons. The Kier molecular flexibility index (Phi) is 3.78. The number of nitrogens with zero attached hydrogens (tertiary/aromatic N) is 1. The van der Waals surface area contributed by atoms with Crippen LogP contribution in [0.3, 0.4) is 0 Å². The molecule has 0 aromatic rings. The molecule has 3 atom stereocenters. The van der Waals surface area contributed by atoms with Crippen molar-refractivity contribution < 1.29 is 14.7 Å². The van der Waals surface area contributed by atoms with Crippen LogP contribution in [0.1, 0.15) is 46.0 Å². The van der Waals surface area contributed by atoms with E-state index in [4.69, 9.17) is 5.11 Å². The maximum atomic E-state index is 12.2. The van der Waals surface area contributed by atoms with E-state index >= 15 is 0 Å². The van der Waals surface area contributed by atoms with Crippen molar-refractivity contribution in [2.45, 2.75) is 64.1 Å². The van der Waals surface area contributed by atoms with Crippen LogP contribution in [-0.4, -0.2) is 40.1 Å². The lowest BCUT2D eigenvalue weighted by molar-refractivity contribution is -0.142. The third-order valence-electron chi connectivity index (χ3n) is 4.40. The Balaban J connectivity index is 2.02. The fraction of sp³-hybridized carbons (Fsp3) is 0.846. The molecule has 2 N–H and O–H groups in total. The highest BCUT2D eigenvalue weighted by Gasteiger charge is 2.51. The Morgan fingerprint density at radius 1 is 1.33 bits per heavy atom. The summed E-state index contributed by atoms with van der Waals surface area (Å²) in [7, 11) is 0. The molecule has 3 unspecified atom stereocenters. The van der Waals surface area contributed by atoms with Crippen molar-refractivity contribution in [3.8, 4) is 0 Å². The summed E-state index contributed by atoms with van der Waals surface area (Å²) in [5, 5.41) is 12.2. The van der Waals surface area contributed by atoms with Gasteiger partial charge in [-0.3, -0.25) is 4.79 Å². The van der Waals surface area contributed by atoms with Crippen LogP contribution in [0.4, 0.5) is 4.79 Å². The van der Waals surface area contributed by atoms with Gasteiger partial charge in [-0.1, -0.05) is 13.8 Å². The smallest absolute Gasteiger partial charge is 0.318 e. The summed E-state index contributed by atoms with van der Waals surface area (Å²) in [4.78, 5) is 25.1. The first-order chi connectivity index (χ1) is 8.58. The van der Waals surface area contributed by atoms with Crippen molar-refractivity contribution in [1.29, 1.82) is 0 Å². The maximum absolute atomic E-state index is 12.2. The average Bonchev–Trinajstić information content (AvgIpc) is 2.93. The van der Waals surface area contributed by atoms with E-state index in [-0.39, 0.29) is 30.1 Å². The highest BCUT2D eigenvalue weighted by Crippen LogP contribution is 2.41. The number of carboxylic acid groups (broad SMARTS) is 1. The van der Waals surface area contributed by atoms with E-state index < -0.39 is 5.97 Å². The lowest BCUT2D eigenvalue weighted by Crippen LogP contribution is -2.47. The molecule has 0 spiro atoms. The van der Waals surface area contributed by atoms with Gasteiger partial charge in [0, 0.05) is 18.1 Å². The molecule has 0 aromatic carbocycles. The predicted octanol–water partition coefficient (Wildman–Crippen LogP) is 1.82. The summed E-state index contributed by atoms with van der Waals surface area (Å²) in [5.74, 6) is -1.13. The molecule has 5 heteroatoms. The van der Waals surface area contributed by atoms with Gasteiger partial charge < -0.3 is 15.3 Å². The molecule has 2 aliphatic rings. The standard InChI is InChI=1S/C13H22N2O3/c1-3-8(4-2)14-13(18)15-9-5-6-11(15)10(7-9)12(16)17/h8-11H,3-7H2,1-2H3,(H,14,18)(H,16,17). The number of carbonyl (C=O) groups is 2. The van der Waals surface area contributed by atoms with Gasteiger partial charge in [0.15, 0.2) is 0 Å². The van der Waals surface area contributed by atoms with Crippen molar-refractivity contribution in [2.75, 3.05) is 0 Å². The molecule has 0 aliphatic carbocycles. The number of hydrogen-bond donors (Lipinski definition) is 2. The van der Waals surface area contributed by atoms with Crippen LogP contribution in [0.2, 0.25) is 0 Å². The normalized spacial score (nSPS) is 29.9. The SMILES string of the molecule is CCC(CC)NC(=O)N1C2CCC1C(C(=O)O)C2. The van der Waals surface area contributed by atoms with Crippen molar-refractivity contribution in [2.24, 2.45) is 5.92 Å². The molecule has 2 saturated heterocycles. The first kappa shape index (κ1) is 13.2. The van der Waals surface area contributed by atoms with Crippen LogP contribution in [0.25, 0.3) is 0 Å². The zero-order chi connectivity index (χ0) is 13.3. The summed E-state index contributed by atoms with van der Waals surface area (Å²) in [5.41, 5.74) is 0. The lowest BCUT2D eigenvalue weighted by atomic mass is 9.89. The van der Waals surface area contributed by atoms with Gasteiger partial charge in [0.1, 0.15) is 0 Å². The van der Waals surface area contributed by atoms with Gasteiger partial charge in [-0.25, -0.2) is 4.79 Å². The summed E-state index contributed by atoms with van der Waals surface area (Å²) < 4.78 is 0. The predicted molar refractivity (Wildman–Crippen MR) is 67.3 cm³/mol. The number of aliphatic carboxylic acids is 1. The number of hydrogen-bond acceptors (Lipinski definition) is 2. The summed E-state index contributed by atoms with van der Waals surface area (Å²) in [6, 6.07) is 0.160. The number of amides is 2. The van der Waals surface area contributed by atoms with Crippen LogP contribution in [0.15, 0.2) is 0 Å². The van der Waals surface area contributed by atoms with Crippen LogP contribution >= 0.6 is 0 Å². The maximum Gasteiger partial charge on any atom is 0.318 e. The first-order valence-corrected chi connectivity index (χ1v) is 6.90. The van der Waals surface area contributed by atoms with Gasteiger partial charge >= 0.3 is 12.0 Å². The molecule has 2 amide bonds. The van der Waals surface area contributed by atoms with Gasteiger partial charge in [0.25, 0.3) is 0 Å². The number of rotatable bonds is 4. The fourth-order valence-electron chi connectivity index (χ4n) is 3.31. The van der Waals surface area contributed by atoms with Crippen molar-refractivity contribution in [1.82, 2.24) is 10.2 Å². The van der Waals surface area contributed by atoms with Crippen LogP contribution in [0, 0.1) is 5.92 Å². The van der Waals surface area contributed by atoms with Gasteiger partial charge in [-0.05, 0) is 32.1 Å². The minimum absolute atomic E-state index is 0.0695. The van der Waals surface area contributed by atoms with E-state index in [2.05, 4.69) is 5.32 Å². The average molecular weight is 254 g/mol. The van der Waals surface area contributed by atoms with Gasteiger partial charge in [-0.2, -0.15) is 0 Å². The second-order valence-corrected chi connectivity index (χ2v) is 5.35. The minimum atomic E-state index is -0.762. The Bertz CT molecular complexity index is 341. The van der Waals surface area contributed by atoms with Crippen LogP contribution < -0.4 is 5.32 Å². The third kappa shape index (κ3) is 2.18. The molecule has 2 fully saturated rings. The molecule has 2 heterocycles. The van der Waals surface area contributed by atoms with Crippen molar-refractivity contribution in [3.63, 3.8) is 0 Å². The topological polar surface area (TPSA) is 69.6 Å². The van der Waals surface area contributed by atoms with Crippen molar-refractivity contribution in [3.05, 3.63) is 0 Å². The summed E-state index contributed by atoms with van der Waals surface area (Å²) in [6.07, 6.45) is 4.22. The molecule has 2 bridgehead atoms. The Morgan fingerprint density at radius 3 is 2.50 bits per heavy atom. The van der Waals surface area contributed by atoms with Crippen LogP contribution in [0.5, 0.6) is 0 Å². The lowest BCUT2D eigenvalue weighted by Gasteiger charge is -2.26. The number of carboxylic acids is 1. The molecule has 5 nitrogen and oxygen atoms in total. The molecule has 0 saturated carbocycles. The monoisotopic (exact) mass is 254 g/mol. The van der Waals surface area contributed by atoms with E-state index in [1.807, 2.05) is 13.8 Å². The van der Waals surface area contributed by atoms with Gasteiger partial charge in [-0.15, -0.1) is 0 Å². The number of urea groups is 1. The zero-order valence-electron chi connectivity index (χ0n) is 11.1. The van der Waals surface area contributed by atoms with E-state index in [0.717, 1.165) is 25.7 Å². The number of carbonyl (C=O) groups excluding carboxylic acids is 1.